The van der Waals surface area contributed by atoms with Crippen molar-refractivity contribution in [2.24, 2.45) is 0 Å². The molecule has 1 fully saturated rings. The number of amides is 1. The third-order valence-corrected chi connectivity index (χ3v) is 4.90. The van der Waals surface area contributed by atoms with Crippen LogP contribution in [-0.2, 0) is 0 Å². The van der Waals surface area contributed by atoms with Crippen LogP contribution in [0.2, 0.25) is 0 Å². The van der Waals surface area contributed by atoms with Gasteiger partial charge in [0, 0.05) is 25.2 Å². The summed E-state index contributed by atoms with van der Waals surface area (Å²) in [5.41, 5.74) is 1.69. The molecule has 144 valence electrons. The number of hydrogen-bond donors (Lipinski definition) is 2. The molecule has 3 aromatic rings. The normalized spacial score (nSPS) is 16.8. The Morgan fingerprint density at radius 1 is 1.14 bits per heavy atom. The Kier molecular flexibility index (Phi) is 5.06. The number of aromatic nitrogens is 2. The van der Waals surface area contributed by atoms with E-state index in [-0.39, 0.29) is 11.6 Å². The van der Waals surface area contributed by atoms with Crippen LogP contribution >= 0.6 is 0 Å². The minimum atomic E-state index is -0.730. The summed E-state index contributed by atoms with van der Waals surface area (Å²) in [5.74, 6) is -1.17. The Balaban J connectivity index is 1.44. The van der Waals surface area contributed by atoms with Gasteiger partial charge >= 0.3 is 0 Å². The molecule has 0 unspecified atom stereocenters. The Morgan fingerprint density at radius 2 is 1.96 bits per heavy atom. The van der Waals surface area contributed by atoms with Crippen LogP contribution in [-0.4, -0.2) is 35.2 Å². The number of H-pyrrole nitrogens is 1. The van der Waals surface area contributed by atoms with Crippen molar-refractivity contribution in [2.45, 2.75) is 18.9 Å². The molecule has 5 nitrogen and oxygen atoms in total. The van der Waals surface area contributed by atoms with Gasteiger partial charge < -0.3 is 10.2 Å². The van der Waals surface area contributed by atoms with E-state index < -0.39 is 17.5 Å². The third-order valence-electron chi connectivity index (χ3n) is 4.90. The number of piperidine rings is 1. The molecule has 0 aliphatic carbocycles. The van der Waals surface area contributed by atoms with Crippen molar-refractivity contribution in [1.29, 1.82) is 0 Å². The molecule has 1 saturated heterocycles. The molecule has 1 atom stereocenters. The van der Waals surface area contributed by atoms with Crippen LogP contribution in [0.1, 0.15) is 23.2 Å². The van der Waals surface area contributed by atoms with Crippen LogP contribution < -0.4 is 10.2 Å². The summed E-state index contributed by atoms with van der Waals surface area (Å²) >= 11 is 0. The molecular weight excluding hydrogens is 362 g/mol. The van der Waals surface area contributed by atoms with Gasteiger partial charge in [-0.15, -0.1) is 0 Å². The predicted molar refractivity (Wildman–Crippen MR) is 103 cm³/mol. The Morgan fingerprint density at radius 3 is 2.79 bits per heavy atom. The smallest absolute Gasteiger partial charge is 0.254 e. The third kappa shape index (κ3) is 3.88. The summed E-state index contributed by atoms with van der Waals surface area (Å²) in [7, 11) is 0. The first-order valence-corrected chi connectivity index (χ1v) is 9.22. The molecule has 4 rings (SSSR count). The van der Waals surface area contributed by atoms with Gasteiger partial charge in [0.25, 0.3) is 5.91 Å². The van der Waals surface area contributed by atoms with Crippen molar-refractivity contribution in [3.63, 3.8) is 0 Å². The van der Waals surface area contributed by atoms with Crippen molar-refractivity contribution >= 4 is 11.7 Å². The van der Waals surface area contributed by atoms with Gasteiger partial charge in [0.05, 0.1) is 11.3 Å². The number of rotatable bonds is 4. The average Bonchev–Trinajstić information content (AvgIpc) is 3.21. The van der Waals surface area contributed by atoms with E-state index in [1.165, 1.54) is 0 Å². The highest BCUT2D eigenvalue weighted by molar-refractivity contribution is 5.94. The second-order valence-electron chi connectivity index (χ2n) is 6.89. The fraction of sp³-hybridized carbons (Fsp3) is 0.238. The number of hydrogen-bond acceptors (Lipinski definition) is 3. The summed E-state index contributed by atoms with van der Waals surface area (Å²) in [6.45, 7) is 1.38. The molecule has 2 N–H and O–H groups in total. The molecule has 0 bridgehead atoms. The highest BCUT2D eigenvalue weighted by atomic mass is 19.1. The largest absolute Gasteiger partial charge is 0.353 e. The van der Waals surface area contributed by atoms with E-state index in [0.717, 1.165) is 54.7 Å². The molecular formula is C21H20F2N4O. The average molecular weight is 382 g/mol. The van der Waals surface area contributed by atoms with Gasteiger partial charge in [-0.3, -0.25) is 9.89 Å². The zero-order valence-corrected chi connectivity index (χ0v) is 15.2. The van der Waals surface area contributed by atoms with Gasteiger partial charge in [-0.05, 0) is 36.6 Å². The van der Waals surface area contributed by atoms with E-state index in [1.54, 1.807) is 0 Å². The first-order chi connectivity index (χ1) is 13.6. The van der Waals surface area contributed by atoms with E-state index in [9.17, 15) is 13.6 Å². The Bertz CT molecular complexity index is 974. The number of nitrogens with one attached hydrogen (secondary N) is 2. The maximum Gasteiger partial charge on any atom is 0.254 e. The molecule has 1 aliphatic heterocycles. The lowest BCUT2D eigenvalue weighted by molar-refractivity contribution is 0.0928. The van der Waals surface area contributed by atoms with Gasteiger partial charge in [-0.25, -0.2) is 8.78 Å². The van der Waals surface area contributed by atoms with E-state index in [1.807, 2.05) is 36.4 Å². The Labute approximate surface area is 161 Å². The van der Waals surface area contributed by atoms with Crippen LogP contribution in [0.3, 0.4) is 0 Å². The van der Waals surface area contributed by atoms with Crippen molar-refractivity contribution in [1.82, 2.24) is 15.5 Å². The predicted octanol–water partition coefficient (Wildman–Crippen LogP) is 3.75. The van der Waals surface area contributed by atoms with E-state index in [2.05, 4.69) is 20.4 Å². The second kappa shape index (κ2) is 7.80. The Hall–Kier alpha value is -3.22. The number of benzene rings is 2. The van der Waals surface area contributed by atoms with Crippen molar-refractivity contribution in [3.05, 3.63) is 71.8 Å². The second-order valence-corrected chi connectivity index (χ2v) is 6.89. The minimum Gasteiger partial charge on any atom is -0.353 e. The van der Waals surface area contributed by atoms with Crippen molar-refractivity contribution in [2.75, 3.05) is 18.0 Å². The molecule has 1 aliphatic rings. The highest BCUT2D eigenvalue weighted by Crippen LogP contribution is 2.24. The summed E-state index contributed by atoms with van der Waals surface area (Å²) in [6.07, 6.45) is 1.64. The minimum absolute atomic E-state index is 0.166. The molecule has 7 heteroatoms. The quantitative estimate of drug-likeness (QED) is 0.722. The number of carbonyl (C=O) groups is 1. The van der Waals surface area contributed by atoms with Gasteiger partial charge in [0.15, 0.2) is 5.82 Å². The van der Waals surface area contributed by atoms with Crippen molar-refractivity contribution in [3.8, 4) is 11.3 Å². The standard InChI is InChI=1S/C21H20F2N4O/c22-15-8-9-18(23)17(11-15)21(28)24-16-7-4-10-27(13-16)20-12-19(25-26-20)14-5-2-1-3-6-14/h1-3,5-6,8-9,11-12,16H,4,7,10,13H2,(H,24,28)(H,25,26)/t16-/m0/s1. The number of carbonyl (C=O) groups excluding carboxylic acids is 1. The first-order valence-electron chi connectivity index (χ1n) is 9.22. The molecule has 0 saturated carbocycles. The van der Waals surface area contributed by atoms with Crippen LogP contribution in [0.25, 0.3) is 11.3 Å². The van der Waals surface area contributed by atoms with Gasteiger partial charge in [-0.1, -0.05) is 30.3 Å². The number of nitrogens with zero attached hydrogens (tertiary/aromatic N) is 2. The van der Waals surface area contributed by atoms with Crippen LogP contribution in [0.5, 0.6) is 0 Å². The topological polar surface area (TPSA) is 61.0 Å². The van der Waals surface area contributed by atoms with Gasteiger partial charge in [-0.2, -0.15) is 5.10 Å². The molecule has 1 amide bonds. The van der Waals surface area contributed by atoms with Gasteiger partial charge in [0.2, 0.25) is 0 Å². The SMILES string of the molecule is O=C(N[C@H]1CCCN(c2cc(-c3ccccc3)[nH]n2)C1)c1cc(F)ccc1F. The molecule has 28 heavy (non-hydrogen) atoms. The van der Waals surface area contributed by atoms with Crippen LogP contribution in [0.4, 0.5) is 14.6 Å². The maximum atomic E-state index is 13.8. The number of aromatic amines is 1. The zero-order chi connectivity index (χ0) is 19.5. The van der Waals surface area contributed by atoms with Gasteiger partial charge in [0.1, 0.15) is 11.6 Å². The first kappa shape index (κ1) is 18.2. The summed E-state index contributed by atoms with van der Waals surface area (Å²) in [6, 6.07) is 14.6. The lowest BCUT2D eigenvalue weighted by Crippen LogP contribution is -2.48. The van der Waals surface area contributed by atoms with E-state index in [0.29, 0.717) is 6.54 Å². The number of anilines is 1. The lowest BCUT2D eigenvalue weighted by atomic mass is 10.0. The molecule has 2 heterocycles. The molecule has 0 radical (unpaired) electrons. The highest BCUT2D eigenvalue weighted by Gasteiger charge is 2.24. The monoisotopic (exact) mass is 382 g/mol. The zero-order valence-electron chi connectivity index (χ0n) is 15.2. The number of halogens is 2. The van der Waals surface area contributed by atoms with Crippen LogP contribution in [0, 0.1) is 11.6 Å². The summed E-state index contributed by atoms with van der Waals surface area (Å²) in [5, 5.41) is 10.3. The van der Waals surface area contributed by atoms with E-state index >= 15 is 0 Å². The van der Waals surface area contributed by atoms with Crippen molar-refractivity contribution < 1.29 is 13.6 Å². The fourth-order valence-corrected chi connectivity index (χ4v) is 3.48. The maximum absolute atomic E-state index is 13.8. The molecule has 1 aromatic heterocycles. The summed E-state index contributed by atoms with van der Waals surface area (Å²) in [4.78, 5) is 14.4. The lowest BCUT2D eigenvalue weighted by Gasteiger charge is -2.33. The van der Waals surface area contributed by atoms with E-state index in [4.69, 9.17) is 0 Å². The van der Waals surface area contributed by atoms with Crippen LogP contribution in [0.15, 0.2) is 54.6 Å². The molecule has 2 aromatic carbocycles. The fourth-order valence-electron chi connectivity index (χ4n) is 3.48. The molecule has 0 spiro atoms. The summed E-state index contributed by atoms with van der Waals surface area (Å²) < 4.78 is 27.2.